The van der Waals surface area contributed by atoms with Gasteiger partial charge in [0.15, 0.2) is 0 Å². The summed E-state index contributed by atoms with van der Waals surface area (Å²) in [5.74, 6) is 0.686. The fourth-order valence-corrected chi connectivity index (χ4v) is 3.73. The lowest BCUT2D eigenvalue weighted by molar-refractivity contribution is -0.128. The Morgan fingerprint density at radius 2 is 2.12 bits per heavy atom. The molecule has 1 aliphatic heterocycles. The van der Waals surface area contributed by atoms with E-state index in [-0.39, 0.29) is 11.8 Å². The minimum absolute atomic E-state index is 0.0789. The summed E-state index contributed by atoms with van der Waals surface area (Å²) in [6, 6.07) is 0. The minimum Gasteiger partial charge on any atom is -0.384 e. The number of carbonyl (C=O) groups excluding carboxylic acids is 1. The first-order valence-electron chi connectivity index (χ1n) is 6.54. The van der Waals surface area contributed by atoms with Crippen LogP contribution in [0.5, 0.6) is 0 Å². The first kappa shape index (κ1) is 13.2. The topological polar surface area (TPSA) is 29.5 Å². The maximum absolute atomic E-state index is 11.7. The van der Waals surface area contributed by atoms with E-state index in [4.69, 9.17) is 16.3 Å². The monoisotopic (exact) mass is 259 g/mol. The average Bonchev–Trinajstić information content (AvgIpc) is 2.69. The molecular formula is C13H22ClNO2. The molecule has 0 N–H and O–H groups in total. The highest BCUT2D eigenvalue weighted by molar-refractivity contribution is 6.27. The van der Waals surface area contributed by atoms with Crippen molar-refractivity contribution >= 4 is 17.5 Å². The summed E-state index contributed by atoms with van der Waals surface area (Å²) in [5, 5.41) is 0. The van der Waals surface area contributed by atoms with Gasteiger partial charge in [-0.05, 0) is 18.3 Å². The second-order valence-electron chi connectivity index (χ2n) is 5.48. The molecule has 1 saturated carbocycles. The highest BCUT2D eigenvalue weighted by Gasteiger charge is 2.47. The van der Waals surface area contributed by atoms with Gasteiger partial charge >= 0.3 is 0 Å². The molecule has 1 saturated heterocycles. The largest absolute Gasteiger partial charge is 0.384 e. The molecule has 4 heteroatoms. The maximum Gasteiger partial charge on any atom is 0.237 e. The predicted octanol–water partition coefficient (Wildman–Crippen LogP) is 2.28. The second-order valence-corrected chi connectivity index (χ2v) is 5.75. The molecule has 1 amide bonds. The summed E-state index contributed by atoms with van der Waals surface area (Å²) >= 11 is 5.66. The van der Waals surface area contributed by atoms with Gasteiger partial charge in [-0.15, -0.1) is 11.6 Å². The smallest absolute Gasteiger partial charge is 0.237 e. The molecule has 0 aromatic heterocycles. The minimum atomic E-state index is 0.0789. The van der Waals surface area contributed by atoms with Crippen molar-refractivity contribution < 1.29 is 9.53 Å². The molecule has 0 bridgehead atoms. The first-order chi connectivity index (χ1) is 8.22. The van der Waals surface area contributed by atoms with E-state index in [9.17, 15) is 4.79 Å². The molecule has 2 aliphatic rings. The highest BCUT2D eigenvalue weighted by Crippen LogP contribution is 2.47. The lowest BCUT2D eigenvalue weighted by Crippen LogP contribution is -2.35. The van der Waals surface area contributed by atoms with Crippen molar-refractivity contribution in [3.63, 3.8) is 0 Å². The van der Waals surface area contributed by atoms with Crippen LogP contribution in [0.2, 0.25) is 0 Å². The Morgan fingerprint density at radius 3 is 2.71 bits per heavy atom. The molecule has 0 aromatic rings. The Bertz CT molecular complexity index is 277. The van der Waals surface area contributed by atoms with Gasteiger partial charge in [-0.2, -0.15) is 0 Å². The van der Waals surface area contributed by atoms with Crippen LogP contribution in [0.25, 0.3) is 0 Å². The Hall–Kier alpha value is -0.280. The number of rotatable bonds is 3. The van der Waals surface area contributed by atoms with E-state index in [0.29, 0.717) is 11.3 Å². The summed E-state index contributed by atoms with van der Waals surface area (Å²) < 4.78 is 5.34. The summed E-state index contributed by atoms with van der Waals surface area (Å²) in [4.78, 5) is 13.7. The van der Waals surface area contributed by atoms with E-state index in [1.54, 1.807) is 7.11 Å². The van der Waals surface area contributed by atoms with E-state index in [0.717, 1.165) is 19.7 Å². The van der Waals surface area contributed by atoms with Crippen LogP contribution in [0.3, 0.4) is 0 Å². The molecule has 2 rings (SSSR count). The van der Waals surface area contributed by atoms with Crippen molar-refractivity contribution in [1.29, 1.82) is 0 Å². The molecule has 1 atom stereocenters. The van der Waals surface area contributed by atoms with Gasteiger partial charge in [-0.3, -0.25) is 4.79 Å². The number of alkyl halides is 1. The number of likely N-dealkylation sites (tertiary alicyclic amines) is 1. The van der Waals surface area contributed by atoms with Crippen molar-refractivity contribution in [2.24, 2.45) is 11.3 Å². The van der Waals surface area contributed by atoms with Crippen LogP contribution in [0.4, 0.5) is 0 Å². The van der Waals surface area contributed by atoms with Crippen LogP contribution in [0.15, 0.2) is 0 Å². The van der Waals surface area contributed by atoms with Crippen molar-refractivity contribution in [3.8, 4) is 0 Å². The predicted molar refractivity (Wildman–Crippen MR) is 68.2 cm³/mol. The number of hydrogen-bond acceptors (Lipinski definition) is 2. The summed E-state index contributed by atoms with van der Waals surface area (Å²) in [6.07, 6.45) is 6.41. The van der Waals surface area contributed by atoms with Crippen LogP contribution < -0.4 is 0 Å². The van der Waals surface area contributed by atoms with Crippen molar-refractivity contribution in [2.75, 3.05) is 32.7 Å². The second kappa shape index (κ2) is 5.57. The van der Waals surface area contributed by atoms with Gasteiger partial charge in [-0.25, -0.2) is 0 Å². The third-order valence-electron chi connectivity index (χ3n) is 4.50. The van der Waals surface area contributed by atoms with E-state index >= 15 is 0 Å². The van der Waals surface area contributed by atoms with E-state index in [1.807, 2.05) is 4.90 Å². The zero-order chi connectivity index (χ0) is 12.3. The fourth-order valence-electron chi connectivity index (χ4n) is 3.56. The Kier molecular flexibility index (Phi) is 4.31. The van der Waals surface area contributed by atoms with Gasteiger partial charge in [0, 0.05) is 26.1 Å². The molecular weight excluding hydrogens is 238 g/mol. The normalized spacial score (nSPS) is 27.6. The standard InChI is InChI=1S/C13H22ClNO2/c1-17-9-11-8-15(12(16)7-14)10-13(11)5-3-2-4-6-13/h11H,2-10H2,1H3/t11-/m1/s1. The van der Waals surface area contributed by atoms with Crippen LogP contribution >= 0.6 is 11.6 Å². The van der Waals surface area contributed by atoms with Crippen LogP contribution in [-0.2, 0) is 9.53 Å². The van der Waals surface area contributed by atoms with E-state index in [2.05, 4.69) is 0 Å². The van der Waals surface area contributed by atoms with E-state index < -0.39 is 0 Å². The molecule has 98 valence electrons. The van der Waals surface area contributed by atoms with Gasteiger partial charge < -0.3 is 9.64 Å². The quantitative estimate of drug-likeness (QED) is 0.728. The Morgan fingerprint density at radius 1 is 1.41 bits per heavy atom. The average molecular weight is 260 g/mol. The molecule has 0 radical (unpaired) electrons. The lowest BCUT2D eigenvalue weighted by atomic mass is 9.68. The highest BCUT2D eigenvalue weighted by atomic mass is 35.5. The maximum atomic E-state index is 11.7. The summed E-state index contributed by atoms with van der Waals surface area (Å²) in [6.45, 7) is 2.50. The third kappa shape index (κ3) is 2.60. The SMILES string of the molecule is COC[C@H]1CN(C(=O)CCl)CC12CCCCC2. The number of nitrogens with zero attached hydrogens (tertiary/aromatic N) is 1. The number of hydrogen-bond donors (Lipinski definition) is 0. The number of halogens is 1. The zero-order valence-corrected chi connectivity index (χ0v) is 11.3. The number of amides is 1. The van der Waals surface area contributed by atoms with Gasteiger partial charge in [0.05, 0.1) is 6.61 Å². The number of ether oxygens (including phenoxy) is 1. The number of methoxy groups -OCH3 is 1. The Labute approximate surface area is 108 Å². The molecule has 1 spiro atoms. The first-order valence-corrected chi connectivity index (χ1v) is 7.08. The molecule has 0 aromatic carbocycles. The molecule has 1 heterocycles. The molecule has 0 unspecified atom stereocenters. The van der Waals surface area contributed by atoms with E-state index in [1.165, 1.54) is 32.1 Å². The van der Waals surface area contributed by atoms with Crippen LogP contribution in [-0.4, -0.2) is 43.5 Å². The van der Waals surface area contributed by atoms with Gasteiger partial charge in [0.2, 0.25) is 5.91 Å². The fraction of sp³-hybridized carbons (Fsp3) is 0.923. The summed E-state index contributed by atoms with van der Waals surface area (Å²) in [7, 11) is 1.75. The van der Waals surface area contributed by atoms with Gasteiger partial charge in [0.25, 0.3) is 0 Å². The van der Waals surface area contributed by atoms with Crippen molar-refractivity contribution in [2.45, 2.75) is 32.1 Å². The van der Waals surface area contributed by atoms with Gasteiger partial charge in [0.1, 0.15) is 5.88 Å². The van der Waals surface area contributed by atoms with Crippen molar-refractivity contribution in [1.82, 2.24) is 4.90 Å². The summed E-state index contributed by atoms with van der Waals surface area (Å²) in [5.41, 5.74) is 0.315. The molecule has 3 nitrogen and oxygen atoms in total. The number of carbonyl (C=O) groups is 1. The van der Waals surface area contributed by atoms with Crippen LogP contribution in [0, 0.1) is 11.3 Å². The Balaban J connectivity index is 2.09. The lowest BCUT2D eigenvalue weighted by Gasteiger charge is -2.37. The van der Waals surface area contributed by atoms with Crippen LogP contribution in [0.1, 0.15) is 32.1 Å². The van der Waals surface area contributed by atoms with Gasteiger partial charge in [-0.1, -0.05) is 19.3 Å². The zero-order valence-electron chi connectivity index (χ0n) is 10.6. The molecule has 2 fully saturated rings. The third-order valence-corrected chi connectivity index (χ3v) is 4.73. The molecule has 1 aliphatic carbocycles. The van der Waals surface area contributed by atoms with Crippen molar-refractivity contribution in [3.05, 3.63) is 0 Å². The molecule has 17 heavy (non-hydrogen) atoms.